The van der Waals surface area contributed by atoms with Crippen molar-refractivity contribution in [3.05, 3.63) is 46.8 Å². The number of hydrogen-bond acceptors (Lipinski definition) is 3. The molecule has 0 unspecified atom stereocenters. The van der Waals surface area contributed by atoms with E-state index in [9.17, 15) is 9.90 Å². The number of ketones is 1. The van der Waals surface area contributed by atoms with Crippen molar-refractivity contribution in [2.24, 2.45) is 11.3 Å². The highest BCUT2D eigenvalue weighted by molar-refractivity contribution is 6.07. The van der Waals surface area contributed by atoms with E-state index in [1.165, 1.54) is 0 Å². The van der Waals surface area contributed by atoms with E-state index in [1.54, 1.807) is 0 Å². The highest BCUT2D eigenvalue weighted by Crippen LogP contribution is 2.49. The van der Waals surface area contributed by atoms with E-state index in [-0.39, 0.29) is 17.1 Å². The fraction of sp³-hybridized carbons (Fsp3) is 0.550. The Hall–Kier alpha value is -1.61. The first-order valence-electron chi connectivity index (χ1n) is 8.36. The Morgan fingerprint density at radius 1 is 1.30 bits per heavy atom. The number of aliphatic hydroxyl groups is 1. The Balaban J connectivity index is 2.15. The molecule has 0 aromatic rings. The van der Waals surface area contributed by atoms with Gasteiger partial charge in [0.05, 0.1) is 6.10 Å². The summed E-state index contributed by atoms with van der Waals surface area (Å²) in [5.41, 5.74) is 1.43. The molecule has 0 aromatic carbocycles. The molecule has 0 amide bonds. The van der Waals surface area contributed by atoms with Gasteiger partial charge in [0.2, 0.25) is 5.78 Å². The highest BCUT2D eigenvalue weighted by Gasteiger charge is 2.53. The van der Waals surface area contributed by atoms with Crippen LogP contribution in [0, 0.1) is 11.3 Å². The number of ether oxygens (including phenoxy) is 1. The normalized spacial score (nSPS) is 39.8. The SMILES string of the molecule is CC1=C2CC(C)(C)/C=C/[C@H](O)/C(C)=C\C3=C[C@H](C)C[C@]3(O2)C1=O. The van der Waals surface area contributed by atoms with Gasteiger partial charge in [0, 0.05) is 18.4 Å². The third kappa shape index (κ3) is 2.61. The molecule has 3 aliphatic rings. The number of allylic oxidation sites excluding steroid dienone is 3. The topological polar surface area (TPSA) is 46.5 Å². The molecule has 1 aliphatic carbocycles. The molecule has 3 nitrogen and oxygen atoms in total. The molecule has 2 heterocycles. The summed E-state index contributed by atoms with van der Waals surface area (Å²) in [5, 5.41) is 10.4. The minimum Gasteiger partial charge on any atom is -0.478 e. The van der Waals surface area contributed by atoms with Gasteiger partial charge in [-0.2, -0.15) is 0 Å². The van der Waals surface area contributed by atoms with Crippen LogP contribution in [0.25, 0.3) is 0 Å². The smallest absolute Gasteiger partial charge is 0.210 e. The fourth-order valence-corrected chi connectivity index (χ4v) is 3.80. The molecule has 0 radical (unpaired) electrons. The number of carbonyl (C=O) groups is 1. The quantitative estimate of drug-likeness (QED) is 0.691. The first-order chi connectivity index (χ1) is 10.6. The third-order valence-electron chi connectivity index (χ3n) is 5.16. The minimum atomic E-state index is -0.875. The fourth-order valence-electron chi connectivity index (χ4n) is 3.80. The second kappa shape index (κ2) is 5.20. The van der Waals surface area contributed by atoms with Gasteiger partial charge in [-0.05, 0) is 36.3 Å². The molecule has 2 aliphatic heterocycles. The van der Waals surface area contributed by atoms with E-state index in [0.717, 1.165) is 22.5 Å². The molecule has 1 spiro atoms. The summed E-state index contributed by atoms with van der Waals surface area (Å²) in [6, 6.07) is 0. The maximum Gasteiger partial charge on any atom is 0.210 e. The van der Waals surface area contributed by atoms with E-state index in [2.05, 4.69) is 26.8 Å². The van der Waals surface area contributed by atoms with Crippen molar-refractivity contribution in [1.82, 2.24) is 0 Å². The molecule has 2 bridgehead atoms. The number of Topliss-reactive ketones (excluding diaryl/α,β-unsaturated/α-hetero) is 1. The van der Waals surface area contributed by atoms with E-state index in [0.29, 0.717) is 12.8 Å². The molecule has 0 saturated carbocycles. The number of rotatable bonds is 0. The number of hydrogen-bond donors (Lipinski definition) is 1. The summed E-state index contributed by atoms with van der Waals surface area (Å²) in [6.45, 7) is 10.1. The van der Waals surface area contributed by atoms with E-state index in [4.69, 9.17) is 4.74 Å². The summed E-state index contributed by atoms with van der Waals surface area (Å²) in [4.78, 5) is 13.0. The molecular weight excluding hydrogens is 288 g/mol. The van der Waals surface area contributed by atoms with Crippen LogP contribution >= 0.6 is 0 Å². The summed E-state index contributed by atoms with van der Waals surface area (Å²) in [6.07, 6.45) is 8.61. The number of fused-ring (bicyclic) bond motifs is 1. The number of carbonyl (C=O) groups excluding carboxylic acids is 1. The van der Waals surface area contributed by atoms with Crippen LogP contribution in [0.5, 0.6) is 0 Å². The first-order valence-corrected chi connectivity index (χ1v) is 8.36. The van der Waals surface area contributed by atoms with Crippen LogP contribution < -0.4 is 0 Å². The van der Waals surface area contributed by atoms with Crippen LogP contribution in [0.15, 0.2) is 46.8 Å². The molecule has 3 rings (SSSR count). The molecule has 124 valence electrons. The molecule has 23 heavy (non-hydrogen) atoms. The van der Waals surface area contributed by atoms with Crippen molar-refractivity contribution < 1.29 is 14.6 Å². The van der Waals surface area contributed by atoms with Crippen molar-refractivity contribution in [2.45, 2.75) is 59.2 Å². The maximum absolute atomic E-state index is 13.0. The zero-order chi connectivity index (χ0) is 17.0. The van der Waals surface area contributed by atoms with Gasteiger partial charge in [0.25, 0.3) is 0 Å². The van der Waals surface area contributed by atoms with Gasteiger partial charge in [-0.25, -0.2) is 0 Å². The Kier molecular flexibility index (Phi) is 3.68. The molecule has 1 N–H and O–H groups in total. The molecule has 3 atom stereocenters. The van der Waals surface area contributed by atoms with Gasteiger partial charge in [-0.15, -0.1) is 0 Å². The van der Waals surface area contributed by atoms with Crippen LogP contribution in [0.4, 0.5) is 0 Å². The van der Waals surface area contributed by atoms with Gasteiger partial charge >= 0.3 is 0 Å². The Bertz CT molecular complexity index is 675. The lowest BCUT2D eigenvalue weighted by Crippen LogP contribution is -2.37. The van der Waals surface area contributed by atoms with Gasteiger partial charge in [0.15, 0.2) is 5.60 Å². The highest BCUT2D eigenvalue weighted by atomic mass is 16.5. The van der Waals surface area contributed by atoms with Gasteiger partial charge < -0.3 is 9.84 Å². The van der Waals surface area contributed by atoms with Gasteiger partial charge in [-0.3, -0.25) is 4.79 Å². The van der Waals surface area contributed by atoms with Crippen molar-refractivity contribution in [3.8, 4) is 0 Å². The molecule has 3 heteroatoms. The Morgan fingerprint density at radius 3 is 2.70 bits per heavy atom. The van der Waals surface area contributed by atoms with Crippen molar-refractivity contribution in [3.63, 3.8) is 0 Å². The predicted octanol–water partition coefficient (Wildman–Crippen LogP) is 3.86. The second-order valence-electron chi connectivity index (χ2n) is 7.97. The van der Waals surface area contributed by atoms with Crippen molar-refractivity contribution >= 4 is 5.78 Å². The van der Waals surface area contributed by atoms with E-state index < -0.39 is 11.7 Å². The first kappa shape index (κ1) is 16.3. The summed E-state index contributed by atoms with van der Waals surface area (Å²) < 4.78 is 6.32. The maximum atomic E-state index is 13.0. The summed E-state index contributed by atoms with van der Waals surface area (Å²) in [5.74, 6) is 1.17. The molecular formula is C20H26O3. The van der Waals surface area contributed by atoms with Gasteiger partial charge in [0.1, 0.15) is 5.76 Å². The van der Waals surface area contributed by atoms with Crippen LogP contribution in [-0.4, -0.2) is 22.6 Å². The lowest BCUT2D eigenvalue weighted by molar-refractivity contribution is -0.127. The molecule has 0 aromatic heterocycles. The third-order valence-corrected chi connectivity index (χ3v) is 5.16. The minimum absolute atomic E-state index is 0.0852. The van der Waals surface area contributed by atoms with E-state index >= 15 is 0 Å². The number of aliphatic hydroxyl groups excluding tert-OH is 1. The van der Waals surface area contributed by atoms with Crippen molar-refractivity contribution in [1.29, 1.82) is 0 Å². The molecule has 0 saturated heterocycles. The Labute approximate surface area is 138 Å². The standard InChI is InChI=1S/C20H26O3/c1-12-8-15-9-13(2)16(21)6-7-19(4,5)11-17-14(3)18(22)20(15,10-12)23-17/h6-9,12,16,21H,10-11H2,1-5H3/b7-6+,13-9-/t12-,16-,20+/m0/s1. The zero-order valence-corrected chi connectivity index (χ0v) is 14.6. The second-order valence-corrected chi connectivity index (χ2v) is 7.97. The summed E-state index contributed by atoms with van der Waals surface area (Å²) >= 11 is 0. The lowest BCUT2D eigenvalue weighted by atomic mass is 9.84. The van der Waals surface area contributed by atoms with Crippen LogP contribution in [0.3, 0.4) is 0 Å². The average Bonchev–Trinajstić information content (AvgIpc) is 2.88. The average molecular weight is 314 g/mol. The largest absolute Gasteiger partial charge is 0.478 e. The van der Waals surface area contributed by atoms with Crippen molar-refractivity contribution in [2.75, 3.05) is 0 Å². The van der Waals surface area contributed by atoms with Crippen LogP contribution in [0.2, 0.25) is 0 Å². The monoisotopic (exact) mass is 314 g/mol. The van der Waals surface area contributed by atoms with Crippen LogP contribution in [0.1, 0.15) is 47.5 Å². The summed E-state index contributed by atoms with van der Waals surface area (Å²) in [7, 11) is 0. The lowest BCUT2D eigenvalue weighted by Gasteiger charge is -2.28. The van der Waals surface area contributed by atoms with E-state index in [1.807, 2.05) is 32.1 Å². The van der Waals surface area contributed by atoms with Crippen LogP contribution in [-0.2, 0) is 9.53 Å². The Morgan fingerprint density at radius 2 is 2.00 bits per heavy atom. The predicted molar refractivity (Wildman–Crippen MR) is 90.7 cm³/mol. The molecule has 0 fully saturated rings. The van der Waals surface area contributed by atoms with Gasteiger partial charge in [-0.1, -0.05) is 45.1 Å². The zero-order valence-electron chi connectivity index (χ0n) is 14.6.